The van der Waals surface area contributed by atoms with E-state index in [9.17, 15) is 8.78 Å². The maximum absolute atomic E-state index is 13.3. The summed E-state index contributed by atoms with van der Waals surface area (Å²) in [6.07, 6.45) is 2.40. The van der Waals surface area contributed by atoms with Crippen molar-refractivity contribution >= 4 is 5.69 Å². The Morgan fingerprint density at radius 2 is 1.86 bits per heavy atom. The number of benzene rings is 1. The van der Waals surface area contributed by atoms with E-state index < -0.39 is 11.6 Å². The molecule has 0 atom stereocenters. The van der Waals surface area contributed by atoms with Gasteiger partial charge < -0.3 is 5.73 Å². The van der Waals surface area contributed by atoms with Gasteiger partial charge in [-0.3, -0.25) is 0 Å². The lowest BCUT2D eigenvalue weighted by atomic mass is 10.2. The molecule has 2 rings (SSSR count). The molecule has 2 aromatic rings. The molecule has 0 spiro atoms. The number of nitrogens with two attached hydrogens (primary N) is 1. The second-order valence-corrected chi connectivity index (χ2v) is 2.67. The summed E-state index contributed by atoms with van der Waals surface area (Å²) in [5.74, 6) is -1.54. The summed E-state index contributed by atoms with van der Waals surface area (Å²) in [5, 5.41) is 3.62. The van der Waals surface area contributed by atoms with Crippen molar-refractivity contribution in [1.29, 1.82) is 0 Å². The van der Waals surface area contributed by atoms with Gasteiger partial charge in [0.2, 0.25) is 0 Å². The number of halogens is 2. The van der Waals surface area contributed by atoms with Crippen LogP contribution in [0.5, 0.6) is 0 Å². The average Bonchev–Trinajstić information content (AvgIpc) is 2.54. The molecule has 0 bridgehead atoms. The average molecular weight is 196 g/mol. The van der Waals surface area contributed by atoms with Gasteiger partial charge >= 0.3 is 0 Å². The second-order valence-electron chi connectivity index (χ2n) is 2.67. The van der Waals surface area contributed by atoms with Crippen LogP contribution in [0.25, 0.3) is 5.69 Å². The molecule has 0 saturated heterocycles. The van der Waals surface area contributed by atoms with Gasteiger partial charge in [-0.05, 0) is 12.1 Å². The first-order valence-electron chi connectivity index (χ1n) is 3.78. The summed E-state index contributed by atoms with van der Waals surface area (Å²) in [6, 6.07) is 2.06. The molecule has 72 valence electrons. The zero-order chi connectivity index (χ0) is 10.1. The monoisotopic (exact) mass is 196 g/mol. The van der Waals surface area contributed by atoms with Gasteiger partial charge in [-0.15, -0.1) is 0 Å². The Kier molecular flexibility index (Phi) is 1.88. The zero-order valence-corrected chi connectivity index (χ0v) is 6.98. The highest BCUT2D eigenvalue weighted by Crippen LogP contribution is 2.19. The van der Waals surface area contributed by atoms with Crippen molar-refractivity contribution in [3.8, 4) is 5.69 Å². The van der Waals surface area contributed by atoms with Crippen molar-refractivity contribution in [3.63, 3.8) is 0 Å². The third-order valence-corrected chi connectivity index (χ3v) is 1.69. The molecule has 0 aliphatic rings. The molecule has 0 radical (unpaired) electrons. The van der Waals surface area contributed by atoms with Crippen molar-refractivity contribution in [2.24, 2.45) is 0 Å². The van der Waals surface area contributed by atoms with E-state index >= 15 is 0 Å². The predicted octanol–water partition coefficient (Wildman–Crippen LogP) is 1.13. The summed E-state index contributed by atoms with van der Waals surface area (Å²) in [4.78, 5) is 3.59. The van der Waals surface area contributed by atoms with E-state index in [2.05, 4.69) is 10.1 Å². The molecule has 2 N–H and O–H groups in total. The number of anilines is 1. The maximum Gasteiger partial charge on any atom is 0.153 e. The fraction of sp³-hybridized carbons (Fsp3) is 0. The first-order valence-corrected chi connectivity index (χ1v) is 3.78. The first-order chi connectivity index (χ1) is 6.68. The maximum atomic E-state index is 13.3. The SMILES string of the molecule is Nc1cc(F)c(-n2cncn2)c(F)c1. The highest BCUT2D eigenvalue weighted by molar-refractivity contribution is 5.47. The van der Waals surface area contributed by atoms with Crippen molar-refractivity contribution in [3.05, 3.63) is 36.4 Å². The topological polar surface area (TPSA) is 56.7 Å². The highest BCUT2D eigenvalue weighted by Gasteiger charge is 2.12. The third-order valence-electron chi connectivity index (χ3n) is 1.69. The molecule has 0 amide bonds. The van der Waals surface area contributed by atoms with Crippen LogP contribution in [0.2, 0.25) is 0 Å². The van der Waals surface area contributed by atoms with E-state index in [1.165, 1.54) is 12.7 Å². The van der Waals surface area contributed by atoms with Gasteiger partial charge in [0, 0.05) is 5.69 Å². The van der Waals surface area contributed by atoms with E-state index in [1.54, 1.807) is 0 Å². The van der Waals surface area contributed by atoms with Crippen LogP contribution in [0.15, 0.2) is 24.8 Å². The largest absolute Gasteiger partial charge is 0.399 e. The summed E-state index contributed by atoms with van der Waals surface area (Å²) < 4.78 is 27.5. The normalized spacial score (nSPS) is 10.4. The van der Waals surface area contributed by atoms with E-state index in [0.717, 1.165) is 16.8 Å². The van der Waals surface area contributed by atoms with Crippen LogP contribution >= 0.6 is 0 Å². The molecule has 0 aliphatic carbocycles. The fourth-order valence-electron chi connectivity index (χ4n) is 1.13. The lowest BCUT2D eigenvalue weighted by Crippen LogP contribution is -2.03. The standard InChI is InChI=1S/C8H6F2N4/c9-6-1-5(11)2-7(10)8(6)14-4-12-3-13-14/h1-4H,11H2. The number of hydrogen-bond acceptors (Lipinski definition) is 3. The van der Waals surface area contributed by atoms with Crippen LogP contribution < -0.4 is 5.73 Å². The van der Waals surface area contributed by atoms with Crippen LogP contribution in [-0.4, -0.2) is 14.8 Å². The fourth-order valence-corrected chi connectivity index (χ4v) is 1.13. The summed E-state index contributed by atoms with van der Waals surface area (Å²) in [7, 11) is 0. The molecular weight excluding hydrogens is 190 g/mol. The Morgan fingerprint density at radius 1 is 1.21 bits per heavy atom. The molecule has 4 nitrogen and oxygen atoms in total. The third kappa shape index (κ3) is 1.30. The smallest absolute Gasteiger partial charge is 0.153 e. The Labute approximate surface area is 78.0 Å². The minimum atomic E-state index is -0.770. The molecule has 6 heteroatoms. The molecule has 1 aromatic carbocycles. The van der Waals surface area contributed by atoms with Crippen LogP contribution in [0, 0.1) is 11.6 Å². The summed E-state index contributed by atoms with van der Waals surface area (Å²) in [5.41, 5.74) is 5.01. The van der Waals surface area contributed by atoms with Gasteiger partial charge in [0.15, 0.2) is 11.6 Å². The minimum absolute atomic E-state index is 0.0314. The predicted molar refractivity (Wildman–Crippen MR) is 45.7 cm³/mol. The van der Waals surface area contributed by atoms with Crippen molar-refractivity contribution < 1.29 is 8.78 Å². The second kappa shape index (κ2) is 3.06. The summed E-state index contributed by atoms with van der Waals surface area (Å²) >= 11 is 0. The van der Waals surface area contributed by atoms with E-state index in [0.29, 0.717) is 0 Å². The molecule has 1 heterocycles. The number of rotatable bonds is 1. The van der Waals surface area contributed by atoms with Gasteiger partial charge in [-0.25, -0.2) is 18.4 Å². The Morgan fingerprint density at radius 3 is 2.36 bits per heavy atom. The first kappa shape index (κ1) is 8.61. The molecule has 0 unspecified atom stereocenters. The molecule has 14 heavy (non-hydrogen) atoms. The van der Waals surface area contributed by atoms with Gasteiger partial charge in [0.05, 0.1) is 0 Å². The van der Waals surface area contributed by atoms with Crippen molar-refractivity contribution in [2.45, 2.75) is 0 Å². The zero-order valence-electron chi connectivity index (χ0n) is 6.98. The van der Waals surface area contributed by atoms with E-state index in [1.807, 2.05) is 0 Å². The number of aromatic nitrogens is 3. The highest BCUT2D eigenvalue weighted by atomic mass is 19.1. The molecule has 0 aliphatic heterocycles. The van der Waals surface area contributed by atoms with Gasteiger partial charge in [0.25, 0.3) is 0 Å². The van der Waals surface area contributed by atoms with Gasteiger partial charge in [-0.2, -0.15) is 5.10 Å². The van der Waals surface area contributed by atoms with Crippen molar-refractivity contribution in [2.75, 3.05) is 5.73 Å². The van der Waals surface area contributed by atoms with Gasteiger partial charge in [-0.1, -0.05) is 0 Å². The Balaban J connectivity index is 2.64. The molecular formula is C8H6F2N4. The number of nitrogens with zero attached hydrogens (tertiary/aromatic N) is 3. The van der Waals surface area contributed by atoms with Crippen LogP contribution in [0.1, 0.15) is 0 Å². The molecule has 0 saturated carbocycles. The van der Waals surface area contributed by atoms with Crippen LogP contribution in [0.3, 0.4) is 0 Å². The Bertz CT molecular complexity index is 429. The van der Waals surface area contributed by atoms with E-state index in [4.69, 9.17) is 5.73 Å². The summed E-state index contributed by atoms with van der Waals surface area (Å²) in [6.45, 7) is 0. The van der Waals surface area contributed by atoms with Crippen LogP contribution in [-0.2, 0) is 0 Å². The van der Waals surface area contributed by atoms with Crippen molar-refractivity contribution in [1.82, 2.24) is 14.8 Å². The number of nitrogen functional groups attached to an aromatic ring is 1. The van der Waals surface area contributed by atoms with Crippen LogP contribution in [0.4, 0.5) is 14.5 Å². The minimum Gasteiger partial charge on any atom is -0.399 e. The molecule has 0 fully saturated rings. The lowest BCUT2D eigenvalue weighted by molar-refractivity contribution is 0.561. The van der Waals surface area contributed by atoms with Gasteiger partial charge in [0.1, 0.15) is 18.3 Å². The van der Waals surface area contributed by atoms with E-state index in [-0.39, 0.29) is 11.4 Å². The number of hydrogen-bond donors (Lipinski definition) is 1. The lowest BCUT2D eigenvalue weighted by Gasteiger charge is -2.04. The Hall–Kier alpha value is -1.98. The quantitative estimate of drug-likeness (QED) is 0.695. The molecule has 1 aromatic heterocycles.